The first-order valence-electron chi connectivity index (χ1n) is 22.7. The van der Waals surface area contributed by atoms with Gasteiger partial charge in [-0.3, -0.25) is 0 Å². The monoisotopic (exact) mass is 1020 g/mol. The molecular weight excluding hydrogens is 951 g/mol. The van der Waals surface area contributed by atoms with Crippen LogP contribution in [0.3, 0.4) is 0 Å². The molecule has 0 saturated carbocycles. The minimum Gasteiger partial charge on any atom is -0.147 e. The molecule has 0 amide bonds. The summed E-state index contributed by atoms with van der Waals surface area (Å²) in [6.07, 6.45) is 5.16. The topological polar surface area (TPSA) is 26.3 Å². The Balaban J connectivity index is 0.00000340. The summed E-state index contributed by atoms with van der Waals surface area (Å²) in [6, 6.07) is 24.1. The second-order valence-corrected chi connectivity index (χ2v) is 49.1. The van der Waals surface area contributed by atoms with E-state index in [1.165, 1.54) is 100 Å². The number of benzene rings is 4. The summed E-state index contributed by atoms with van der Waals surface area (Å²) in [4.78, 5) is 0. The molecule has 2 aliphatic carbocycles. The van der Waals surface area contributed by atoms with Gasteiger partial charge in [-0.15, -0.1) is 24.8 Å². The molecule has 8 heteroatoms. The SMILES string of the molecule is Cc1ccc(C2=Cc3c(cc(C)c(C)c3-c3cc(C)c([Si](C)(C)C)c(C)c3)[CH]2[Zr]([CH]2C(c3ccc(C)o3)=Cc3c2cc(C)c(C)c3-c2cc(C)c([Si](C)(C)C)c(C)c2)=[Si](C)C)o1.Cl.Cl. The van der Waals surface area contributed by atoms with E-state index in [0.29, 0.717) is 7.25 Å². The van der Waals surface area contributed by atoms with Gasteiger partial charge in [0.05, 0.1) is 0 Å². The summed E-state index contributed by atoms with van der Waals surface area (Å²) in [6.45, 7) is 43.2. The van der Waals surface area contributed by atoms with E-state index >= 15 is 0 Å². The molecule has 0 N–H and O–H groups in total. The van der Waals surface area contributed by atoms with Crippen LogP contribution in [0.15, 0.2) is 69.5 Å². The van der Waals surface area contributed by atoms with Crippen LogP contribution in [0.5, 0.6) is 0 Å². The van der Waals surface area contributed by atoms with Crippen molar-refractivity contribution in [2.24, 2.45) is 0 Å². The van der Waals surface area contributed by atoms with E-state index in [4.69, 9.17) is 8.83 Å². The Morgan fingerprint density at radius 3 is 1.06 bits per heavy atom. The smallest absolute Gasteiger partial charge is 0.147 e. The number of hydrogen-bond donors (Lipinski definition) is 0. The largest absolute Gasteiger partial charge is 0.147 e. The molecule has 2 aromatic heterocycles. The zero-order valence-corrected chi connectivity index (χ0v) is 48.8. The van der Waals surface area contributed by atoms with Crippen LogP contribution in [0.1, 0.15) is 97.1 Å². The van der Waals surface area contributed by atoms with Gasteiger partial charge in [-0.05, 0) is 0 Å². The van der Waals surface area contributed by atoms with E-state index in [1.807, 2.05) is 0 Å². The van der Waals surface area contributed by atoms with Crippen LogP contribution in [0, 0.1) is 69.2 Å². The number of allylic oxidation sites excluding steroid dienone is 2. The third-order valence-electron chi connectivity index (χ3n) is 14.1. The van der Waals surface area contributed by atoms with Crippen molar-refractivity contribution in [1.29, 1.82) is 0 Å². The van der Waals surface area contributed by atoms with E-state index < -0.39 is 41.9 Å². The first kappa shape index (κ1) is 50.4. The Bertz CT molecular complexity index is 2720. The van der Waals surface area contributed by atoms with Gasteiger partial charge in [-0.25, -0.2) is 0 Å². The van der Waals surface area contributed by atoms with Crippen LogP contribution >= 0.6 is 24.8 Å². The Morgan fingerprint density at radius 2 is 0.797 bits per heavy atom. The zero-order valence-electron chi connectivity index (χ0n) is 41.7. The normalized spacial score (nSPS) is 15.6. The summed E-state index contributed by atoms with van der Waals surface area (Å²) < 4.78 is 14.1. The zero-order chi connectivity index (χ0) is 45.1. The Hall–Kier alpha value is -2.97. The first-order chi connectivity index (χ1) is 29.0. The molecular formula is C56H70Cl2O2Si3Zr. The van der Waals surface area contributed by atoms with Crippen LogP contribution < -0.4 is 10.4 Å². The van der Waals surface area contributed by atoms with Crippen molar-refractivity contribution < 1.29 is 29.2 Å². The van der Waals surface area contributed by atoms with Gasteiger partial charge in [0.15, 0.2) is 0 Å². The minimum absolute atomic E-state index is 0. The van der Waals surface area contributed by atoms with Crippen molar-refractivity contribution in [2.75, 3.05) is 0 Å². The molecule has 64 heavy (non-hydrogen) atoms. The average molecular weight is 1020 g/mol. The molecule has 2 heterocycles. The van der Waals surface area contributed by atoms with Crippen LogP contribution in [0.2, 0.25) is 52.4 Å². The van der Waals surface area contributed by atoms with E-state index in [-0.39, 0.29) is 24.8 Å². The summed E-state index contributed by atoms with van der Waals surface area (Å²) in [5.74, 6) is 4.03. The van der Waals surface area contributed by atoms with Crippen molar-refractivity contribution in [1.82, 2.24) is 0 Å². The van der Waals surface area contributed by atoms with E-state index in [9.17, 15) is 0 Å². The van der Waals surface area contributed by atoms with Crippen molar-refractivity contribution in [3.8, 4) is 22.3 Å². The van der Waals surface area contributed by atoms with Gasteiger partial charge < -0.3 is 0 Å². The van der Waals surface area contributed by atoms with Crippen LogP contribution in [0.25, 0.3) is 45.6 Å². The fraction of sp³-hybridized carbons (Fsp3) is 0.357. The molecule has 0 spiro atoms. The number of fused-ring (bicyclic) bond motifs is 2. The Morgan fingerprint density at radius 1 is 0.469 bits per heavy atom. The van der Waals surface area contributed by atoms with Crippen molar-refractivity contribution in [2.45, 2.75) is 129 Å². The molecule has 6 aromatic rings. The molecule has 8 rings (SSSR count). The van der Waals surface area contributed by atoms with Gasteiger partial charge in [-0.1, -0.05) is 0 Å². The van der Waals surface area contributed by atoms with Gasteiger partial charge in [0, 0.05) is 0 Å². The molecule has 4 aromatic carbocycles. The molecule has 2 unspecified atom stereocenters. The molecule has 2 aliphatic rings. The number of rotatable bonds is 8. The molecule has 336 valence electrons. The summed E-state index contributed by atoms with van der Waals surface area (Å²) in [7, 11) is -3.07. The Kier molecular flexibility index (Phi) is 14.4. The molecule has 0 fully saturated rings. The molecule has 0 saturated heterocycles. The number of hydrogen-bond acceptors (Lipinski definition) is 2. The quantitative estimate of drug-likeness (QED) is 0.142. The molecule has 0 radical (unpaired) electrons. The van der Waals surface area contributed by atoms with Crippen molar-refractivity contribution >= 4 is 80.1 Å². The summed E-state index contributed by atoms with van der Waals surface area (Å²) >= 11 is -2.77. The third-order valence-corrected chi connectivity index (χ3v) is 37.9. The number of furan rings is 2. The number of aryl methyl sites for hydroxylation is 8. The van der Waals surface area contributed by atoms with E-state index in [2.05, 4.69) is 194 Å². The standard InChI is InChI=1S/2C27H31OSi.C2H6Si.2ClH.Zr/c2*1-16-11-21-14-22(25-10-9-19(4)28-25)15-24(21)26(20(16)5)23-12-17(2)27(18(3)13-23)29(6,7)8;1-3-2;;;/h2*9-15H,1-8H3;1-2H3;2*1H;. The summed E-state index contributed by atoms with van der Waals surface area (Å²) in [5, 5.41) is 3.19. The van der Waals surface area contributed by atoms with Crippen molar-refractivity contribution in [3.05, 3.63) is 150 Å². The molecule has 2 atom stereocenters. The average Bonchev–Trinajstić information content (AvgIpc) is 3.94. The van der Waals surface area contributed by atoms with Gasteiger partial charge in [-0.2, -0.15) is 0 Å². The van der Waals surface area contributed by atoms with Gasteiger partial charge >= 0.3 is 386 Å². The van der Waals surface area contributed by atoms with Crippen molar-refractivity contribution in [3.63, 3.8) is 0 Å². The minimum atomic E-state index is -2.77. The fourth-order valence-electron chi connectivity index (χ4n) is 11.9. The van der Waals surface area contributed by atoms with Gasteiger partial charge in [0.25, 0.3) is 0 Å². The second-order valence-electron chi connectivity index (χ2n) is 21.2. The fourth-order valence-corrected chi connectivity index (χ4v) is 36.6. The molecule has 0 bridgehead atoms. The predicted octanol–water partition coefficient (Wildman–Crippen LogP) is 16.0. The Labute approximate surface area is 407 Å². The maximum absolute atomic E-state index is 6.72. The van der Waals surface area contributed by atoms with E-state index in [0.717, 1.165) is 23.0 Å². The maximum atomic E-state index is 6.72. The summed E-state index contributed by atoms with van der Waals surface area (Å²) in [5.41, 5.74) is 24.7. The third kappa shape index (κ3) is 8.72. The molecule has 2 nitrogen and oxygen atoms in total. The molecule has 0 aliphatic heterocycles. The van der Waals surface area contributed by atoms with Crippen LogP contribution in [-0.4, -0.2) is 21.6 Å². The first-order valence-corrected chi connectivity index (χ1v) is 38.8. The maximum Gasteiger partial charge on any atom is -0.147 e. The van der Waals surface area contributed by atoms with Gasteiger partial charge in [0.1, 0.15) is 0 Å². The van der Waals surface area contributed by atoms with Crippen LogP contribution in [0.4, 0.5) is 0 Å². The predicted molar refractivity (Wildman–Crippen MR) is 288 cm³/mol. The van der Waals surface area contributed by atoms with Crippen LogP contribution in [-0.2, 0) is 20.4 Å². The van der Waals surface area contributed by atoms with E-state index in [1.54, 1.807) is 10.4 Å². The van der Waals surface area contributed by atoms with Gasteiger partial charge in [0.2, 0.25) is 0 Å². The second kappa shape index (κ2) is 18.3. The number of halogens is 2.